The zero-order valence-corrected chi connectivity index (χ0v) is 15.9. The number of likely N-dealkylation sites (tertiary alicyclic amines) is 1. The molecule has 5 heteroatoms. The van der Waals surface area contributed by atoms with Crippen LogP contribution >= 0.6 is 0 Å². The number of hydrogen-bond acceptors (Lipinski definition) is 5. The number of hydrogen-bond donors (Lipinski definition) is 0. The molecule has 0 radical (unpaired) electrons. The first kappa shape index (κ1) is 19.9. The van der Waals surface area contributed by atoms with Gasteiger partial charge in [-0.1, -0.05) is 25.1 Å². The van der Waals surface area contributed by atoms with Gasteiger partial charge in [-0.05, 0) is 43.5 Å². The molecular formula is C21H27N3O2. The Morgan fingerprint density at radius 2 is 2.27 bits per heavy atom. The van der Waals surface area contributed by atoms with Gasteiger partial charge in [0.1, 0.15) is 6.07 Å². The minimum atomic E-state index is -0.175. The summed E-state index contributed by atoms with van der Waals surface area (Å²) in [7, 11) is 1.42. The largest absolute Gasteiger partial charge is 0.469 e. The quantitative estimate of drug-likeness (QED) is 0.574. The average Bonchev–Trinajstić information content (AvgIpc) is 2.65. The highest BCUT2D eigenvalue weighted by Gasteiger charge is 2.28. The second-order valence-corrected chi connectivity index (χ2v) is 6.86. The van der Waals surface area contributed by atoms with Gasteiger partial charge >= 0.3 is 5.97 Å². The lowest BCUT2D eigenvalue weighted by Crippen LogP contribution is -2.40. The van der Waals surface area contributed by atoms with Crippen molar-refractivity contribution in [2.45, 2.75) is 32.6 Å². The van der Waals surface area contributed by atoms with Gasteiger partial charge in [0.15, 0.2) is 0 Å². The molecule has 1 aliphatic rings. The van der Waals surface area contributed by atoms with Crippen LogP contribution < -0.4 is 0 Å². The first-order chi connectivity index (χ1) is 12.5. The molecule has 5 nitrogen and oxygen atoms in total. The van der Waals surface area contributed by atoms with E-state index in [4.69, 9.17) is 4.74 Å². The molecule has 1 fully saturated rings. The van der Waals surface area contributed by atoms with Crippen LogP contribution in [0.2, 0.25) is 0 Å². The van der Waals surface area contributed by atoms with Gasteiger partial charge in [0.25, 0.3) is 0 Å². The predicted octanol–water partition coefficient (Wildman–Crippen LogP) is 3.91. The molecule has 0 N–H and O–H groups in total. The first-order valence-electron chi connectivity index (χ1n) is 8.99. The Balaban J connectivity index is 2.32. The van der Waals surface area contributed by atoms with Gasteiger partial charge in [-0.2, -0.15) is 5.26 Å². The minimum absolute atomic E-state index is 0.175. The molecule has 0 amide bonds. The zero-order chi connectivity index (χ0) is 19.1. The molecule has 1 heterocycles. The van der Waals surface area contributed by atoms with Gasteiger partial charge in [-0.3, -0.25) is 9.79 Å². The fraction of sp³-hybridized carbons (Fsp3) is 0.476. The van der Waals surface area contributed by atoms with E-state index in [9.17, 15) is 10.1 Å². The standard InChI is InChI=1S/C21H27N3O2/c1-5-6-19-18(8-7-16(12-22)21(19)23-3)17-11-15(2)13-24(14-17)10-9-20(25)26-4/h5-8,15,17H,3,9-11,13-14H2,1-2,4H3/b6-5-. The number of nitrogens with zero attached hydrogens (tertiary/aromatic N) is 3. The maximum Gasteiger partial charge on any atom is 0.306 e. The molecule has 1 aliphatic heterocycles. The Morgan fingerprint density at radius 3 is 2.88 bits per heavy atom. The Morgan fingerprint density at radius 1 is 1.50 bits per heavy atom. The Bertz CT molecular complexity index is 734. The average molecular weight is 353 g/mol. The maximum absolute atomic E-state index is 11.5. The number of esters is 1. The van der Waals surface area contributed by atoms with Gasteiger partial charge in [-0.25, -0.2) is 0 Å². The van der Waals surface area contributed by atoms with Crippen molar-refractivity contribution < 1.29 is 9.53 Å². The summed E-state index contributed by atoms with van der Waals surface area (Å²) >= 11 is 0. The molecule has 138 valence electrons. The molecule has 2 atom stereocenters. The van der Waals surface area contributed by atoms with Crippen LogP contribution in [0.1, 0.15) is 49.3 Å². The van der Waals surface area contributed by atoms with Crippen molar-refractivity contribution in [1.82, 2.24) is 4.90 Å². The lowest BCUT2D eigenvalue weighted by molar-refractivity contribution is -0.141. The molecule has 0 bridgehead atoms. The van der Waals surface area contributed by atoms with Crippen LogP contribution in [-0.4, -0.2) is 44.3 Å². The van der Waals surface area contributed by atoms with Crippen molar-refractivity contribution in [1.29, 1.82) is 5.26 Å². The fourth-order valence-corrected chi connectivity index (χ4v) is 3.80. The lowest BCUT2D eigenvalue weighted by atomic mass is 9.82. The van der Waals surface area contributed by atoms with Crippen molar-refractivity contribution in [3.8, 4) is 6.07 Å². The van der Waals surface area contributed by atoms with Gasteiger partial charge in [-0.15, -0.1) is 0 Å². The van der Waals surface area contributed by atoms with Crippen molar-refractivity contribution in [2.24, 2.45) is 10.9 Å². The van der Waals surface area contributed by atoms with E-state index in [1.54, 1.807) is 0 Å². The summed E-state index contributed by atoms with van der Waals surface area (Å²) in [6.07, 6.45) is 5.46. The second-order valence-electron chi connectivity index (χ2n) is 6.86. The molecule has 0 saturated carbocycles. The number of nitriles is 1. The van der Waals surface area contributed by atoms with E-state index in [1.165, 1.54) is 12.7 Å². The molecule has 2 unspecified atom stereocenters. The Kier molecular flexibility index (Phi) is 7.11. The van der Waals surface area contributed by atoms with Crippen molar-refractivity contribution in [3.05, 3.63) is 34.9 Å². The highest BCUT2D eigenvalue weighted by Crippen LogP contribution is 2.37. The van der Waals surface area contributed by atoms with Gasteiger partial charge in [0.2, 0.25) is 0 Å². The third-order valence-electron chi connectivity index (χ3n) is 4.90. The molecule has 1 saturated heterocycles. The summed E-state index contributed by atoms with van der Waals surface area (Å²) in [5, 5.41) is 9.36. The van der Waals surface area contributed by atoms with Gasteiger partial charge in [0, 0.05) is 25.2 Å². The Hall–Kier alpha value is -2.45. The van der Waals surface area contributed by atoms with E-state index >= 15 is 0 Å². The number of carbonyl (C=O) groups is 1. The summed E-state index contributed by atoms with van der Waals surface area (Å²) in [5.41, 5.74) is 3.37. The number of carbonyl (C=O) groups excluding carboxylic acids is 1. The van der Waals surface area contributed by atoms with Crippen LogP contribution in [0.15, 0.2) is 23.2 Å². The van der Waals surface area contributed by atoms with E-state index < -0.39 is 0 Å². The van der Waals surface area contributed by atoms with Crippen LogP contribution in [0.25, 0.3) is 6.08 Å². The molecule has 0 aliphatic carbocycles. The van der Waals surface area contributed by atoms with Gasteiger partial charge < -0.3 is 9.64 Å². The van der Waals surface area contributed by atoms with Gasteiger partial charge in [0.05, 0.1) is 24.8 Å². The van der Waals surface area contributed by atoms with Crippen LogP contribution in [0.3, 0.4) is 0 Å². The molecule has 26 heavy (non-hydrogen) atoms. The number of methoxy groups -OCH3 is 1. The second kappa shape index (κ2) is 9.30. The summed E-state index contributed by atoms with van der Waals surface area (Å²) < 4.78 is 4.76. The molecule has 0 spiro atoms. The van der Waals surface area contributed by atoms with Crippen molar-refractivity contribution >= 4 is 24.5 Å². The minimum Gasteiger partial charge on any atom is -0.469 e. The molecule has 2 rings (SSSR count). The molecular weight excluding hydrogens is 326 g/mol. The van der Waals surface area contributed by atoms with Crippen LogP contribution in [0.4, 0.5) is 5.69 Å². The number of benzene rings is 1. The number of ether oxygens (including phenoxy) is 1. The Labute approximate surface area is 156 Å². The van der Waals surface area contributed by atoms with Crippen molar-refractivity contribution in [2.75, 3.05) is 26.7 Å². The SMILES string of the molecule is C=Nc1c(C#N)ccc(C2CC(C)CN(CCC(=O)OC)C2)c1/C=C\C. The van der Waals surface area contributed by atoms with Crippen LogP contribution in [0.5, 0.6) is 0 Å². The molecule has 1 aromatic rings. The zero-order valence-electron chi connectivity index (χ0n) is 15.9. The summed E-state index contributed by atoms with van der Waals surface area (Å²) in [5.74, 6) is 0.683. The molecule has 1 aromatic carbocycles. The highest BCUT2D eigenvalue weighted by atomic mass is 16.5. The molecule has 0 aromatic heterocycles. The number of allylic oxidation sites excluding steroid dienone is 1. The maximum atomic E-state index is 11.5. The topological polar surface area (TPSA) is 65.7 Å². The summed E-state index contributed by atoms with van der Waals surface area (Å²) in [6, 6.07) is 6.09. The van der Waals surface area contributed by atoms with E-state index in [1.807, 2.05) is 31.2 Å². The van der Waals surface area contributed by atoms with Crippen LogP contribution in [-0.2, 0) is 9.53 Å². The lowest BCUT2D eigenvalue weighted by Gasteiger charge is -2.37. The predicted molar refractivity (Wildman–Crippen MR) is 105 cm³/mol. The normalized spacial score (nSPS) is 20.7. The van der Waals surface area contributed by atoms with Crippen LogP contribution in [0, 0.1) is 17.2 Å². The number of rotatable bonds is 6. The van der Waals surface area contributed by atoms with E-state index in [-0.39, 0.29) is 5.97 Å². The van der Waals surface area contributed by atoms with Crippen molar-refractivity contribution in [3.63, 3.8) is 0 Å². The highest BCUT2D eigenvalue weighted by molar-refractivity contribution is 5.74. The van der Waals surface area contributed by atoms with E-state index in [0.717, 1.165) is 25.1 Å². The first-order valence-corrected chi connectivity index (χ1v) is 8.99. The van der Waals surface area contributed by atoms with E-state index in [2.05, 4.69) is 29.6 Å². The number of piperidine rings is 1. The third-order valence-corrected chi connectivity index (χ3v) is 4.90. The third kappa shape index (κ3) is 4.59. The van der Waals surface area contributed by atoms with E-state index in [0.29, 0.717) is 36.1 Å². The monoisotopic (exact) mass is 353 g/mol. The summed E-state index contributed by atoms with van der Waals surface area (Å²) in [4.78, 5) is 17.9. The fourth-order valence-electron chi connectivity index (χ4n) is 3.80. The number of aliphatic imine (C=N–C) groups is 1. The summed E-state index contributed by atoms with van der Waals surface area (Å²) in [6.45, 7) is 10.4. The smallest absolute Gasteiger partial charge is 0.306 e.